The van der Waals surface area contributed by atoms with Gasteiger partial charge in [-0.15, -0.1) is 0 Å². The molecule has 3 N–H and O–H groups in total. The van der Waals surface area contributed by atoms with Crippen molar-refractivity contribution >= 4 is 29.7 Å². The molecule has 0 heterocycles. The number of hydrogen-bond acceptors (Lipinski definition) is 7. The quantitative estimate of drug-likeness (QED) is 0.0783. The lowest BCUT2D eigenvalue weighted by atomic mass is 9.88. The molecule has 0 spiro atoms. The maximum Gasteiger partial charge on any atom is 0.280 e. The van der Waals surface area contributed by atoms with Gasteiger partial charge in [0.15, 0.2) is 0 Å². The number of aryl methyl sites for hydroxylation is 1. The van der Waals surface area contributed by atoms with Crippen molar-refractivity contribution in [2.75, 3.05) is 6.61 Å². The second-order valence-corrected chi connectivity index (χ2v) is 20.3. The lowest BCUT2D eigenvalue weighted by Crippen LogP contribution is -2.04. The van der Waals surface area contributed by atoms with Crippen molar-refractivity contribution in [1.29, 1.82) is 5.41 Å². The molecule has 0 amide bonds. The molecule has 0 aromatic heterocycles. The first kappa shape index (κ1) is 82.7. The molecule has 9 heteroatoms. The van der Waals surface area contributed by atoms with Gasteiger partial charge < -0.3 is 15.6 Å². The highest BCUT2D eigenvalue weighted by Crippen LogP contribution is 2.31. The van der Waals surface area contributed by atoms with E-state index in [1.807, 2.05) is 51.1 Å². The molecule has 2 aliphatic carbocycles. The summed E-state index contributed by atoms with van der Waals surface area (Å²) < 4.78 is 0. The number of benzene rings is 3. The molecular formula is C67H121N3O6. The van der Waals surface area contributed by atoms with Gasteiger partial charge in [-0.2, -0.15) is 0 Å². The normalized spacial score (nSPS) is 12.7. The number of allylic oxidation sites excluding steroid dienone is 2. The van der Waals surface area contributed by atoms with Crippen molar-refractivity contribution in [3.63, 3.8) is 0 Å². The molecule has 9 nitrogen and oxygen atoms in total. The summed E-state index contributed by atoms with van der Waals surface area (Å²) in [5.74, 6) is 5.74. The molecule has 2 atom stereocenters. The topological polar surface area (TPSA) is 151 Å². The van der Waals surface area contributed by atoms with Crippen LogP contribution in [0.4, 0.5) is 11.4 Å². The van der Waals surface area contributed by atoms with Crippen LogP contribution in [0.15, 0.2) is 84.9 Å². The van der Waals surface area contributed by atoms with Gasteiger partial charge in [0.2, 0.25) is 0 Å². The standard InChI is InChI=1S/C10H11NO3.C10H11NO2.C8H16.C8H18.C7H8.C6H14.C5H10.C5H12.C3H8O.C3H8.C2H5N/c1-2-3-4-8-5-6-9(12)7-10(8)11(13)14;1-2-3-6-9-7-4-5-8-10(9)11(12)13;1-2-8-6-4-3-5-7-8;1-5-7(3)8(4)6-2;1-7-5-3-2-4-6-7;1-4-5-6(2)3;1-2-5-3-4-5;1-4-5(2)3;1-2-3-4;1-3-2;1-2-3/h3-7,12H,2H2,1H3;3-8H,2H2,1H3;8H,2-7H2,1H3;7-8H,5-6H2,1-4H3;2-6H,1H3;6H,4-5H2,1-3H3;5H,2-4H2,1H3;5H,4H2,1-3H3;4H,2-3H2,1H3;3H2,1-2H3;2-3H,1H3/b4-3-;6-3-;;;;;;;;;. The van der Waals surface area contributed by atoms with Crippen molar-refractivity contribution in [2.24, 2.45) is 35.5 Å². The highest BCUT2D eigenvalue weighted by molar-refractivity contribution is 5.62. The van der Waals surface area contributed by atoms with E-state index in [1.165, 1.54) is 126 Å². The maximum absolute atomic E-state index is 10.6. The number of nitro groups is 2. The molecule has 0 radical (unpaired) electrons. The van der Waals surface area contributed by atoms with Gasteiger partial charge in [0.05, 0.1) is 27.0 Å². The van der Waals surface area contributed by atoms with Crippen LogP contribution >= 0.6 is 0 Å². The molecular weight excluding hydrogens is 943 g/mol. The van der Waals surface area contributed by atoms with Gasteiger partial charge in [0.1, 0.15) is 5.75 Å². The summed E-state index contributed by atoms with van der Waals surface area (Å²) in [4.78, 5) is 20.3. The number of para-hydroxylation sites is 1. The Morgan fingerprint density at radius 3 is 1.25 bits per heavy atom. The van der Waals surface area contributed by atoms with Gasteiger partial charge in [-0.1, -0.05) is 286 Å². The predicted octanol–water partition coefficient (Wildman–Crippen LogP) is 22.6. The zero-order chi connectivity index (χ0) is 59.5. The molecule has 2 saturated carbocycles. The number of nitrogens with zero attached hydrogens (tertiary/aromatic N) is 2. The predicted molar refractivity (Wildman–Crippen MR) is 339 cm³/mol. The summed E-state index contributed by atoms with van der Waals surface area (Å²) in [5, 5.41) is 44.2. The van der Waals surface area contributed by atoms with Crippen LogP contribution in [0.1, 0.15) is 257 Å². The molecule has 3 aromatic rings. The fraction of sp³-hybridized carbons (Fsp3) is 0.657. The maximum atomic E-state index is 10.6. The molecule has 0 bridgehead atoms. The van der Waals surface area contributed by atoms with Crippen molar-refractivity contribution in [3.8, 4) is 5.75 Å². The number of aliphatic hydroxyl groups excluding tert-OH is 1. The third-order valence-electron chi connectivity index (χ3n) is 12.1. The molecule has 76 heavy (non-hydrogen) atoms. The van der Waals surface area contributed by atoms with Gasteiger partial charge in [0, 0.05) is 12.7 Å². The Kier molecular flexibility index (Phi) is 68.5. The highest BCUT2D eigenvalue weighted by atomic mass is 16.6. The average Bonchev–Trinajstić information content (AvgIpc) is 4.27. The molecule has 440 valence electrons. The van der Waals surface area contributed by atoms with Crippen LogP contribution in [0, 0.1) is 68.1 Å². The third kappa shape index (κ3) is 61.9. The fourth-order valence-corrected chi connectivity index (χ4v) is 6.15. The first-order valence-electron chi connectivity index (χ1n) is 29.8. The van der Waals surface area contributed by atoms with Crippen LogP contribution in [0.25, 0.3) is 12.2 Å². The van der Waals surface area contributed by atoms with Crippen molar-refractivity contribution in [1.82, 2.24) is 0 Å². The van der Waals surface area contributed by atoms with Crippen LogP contribution in [0.3, 0.4) is 0 Å². The van der Waals surface area contributed by atoms with Gasteiger partial charge in [0.25, 0.3) is 11.4 Å². The number of rotatable bonds is 15. The van der Waals surface area contributed by atoms with Gasteiger partial charge in [-0.05, 0) is 93.0 Å². The third-order valence-corrected chi connectivity index (χ3v) is 12.1. The number of phenols is 1. The minimum atomic E-state index is -0.505. The van der Waals surface area contributed by atoms with Gasteiger partial charge in [-0.3, -0.25) is 20.2 Å². The number of nitro benzene ring substituents is 2. The highest BCUT2D eigenvalue weighted by Gasteiger charge is 2.17. The minimum Gasteiger partial charge on any atom is -0.508 e. The summed E-state index contributed by atoms with van der Waals surface area (Å²) in [7, 11) is 0. The first-order valence-corrected chi connectivity index (χ1v) is 29.8. The monoisotopic (exact) mass is 1060 g/mol. The Bertz CT molecular complexity index is 1720. The molecule has 0 saturated heterocycles. The zero-order valence-electron chi connectivity index (χ0n) is 52.6. The largest absolute Gasteiger partial charge is 0.508 e. The van der Waals surface area contributed by atoms with Gasteiger partial charge in [-0.25, -0.2) is 0 Å². The fourth-order valence-electron chi connectivity index (χ4n) is 6.15. The van der Waals surface area contributed by atoms with Crippen LogP contribution in [0.5, 0.6) is 5.75 Å². The Labute approximate surface area is 470 Å². The number of aliphatic hydroxyl groups is 1. The number of hydrogen-bond donors (Lipinski definition) is 3. The van der Waals surface area contributed by atoms with Gasteiger partial charge >= 0.3 is 0 Å². The van der Waals surface area contributed by atoms with Crippen molar-refractivity contribution in [2.45, 2.75) is 247 Å². The molecule has 2 aliphatic rings. The van der Waals surface area contributed by atoms with Crippen LogP contribution in [-0.4, -0.2) is 32.9 Å². The Morgan fingerprint density at radius 2 is 0.987 bits per heavy atom. The lowest BCUT2D eigenvalue weighted by molar-refractivity contribution is -0.385. The second-order valence-electron chi connectivity index (χ2n) is 20.3. The number of nitrogens with one attached hydrogen (secondary N) is 1. The number of phenolic OH excluding ortho intramolecular Hbond substituents is 1. The summed E-state index contributed by atoms with van der Waals surface area (Å²) in [5.41, 5.74) is 2.58. The average molecular weight is 1060 g/mol. The van der Waals surface area contributed by atoms with E-state index in [4.69, 9.17) is 15.6 Å². The van der Waals surface area contributed by atoms with Crippen LogP contribution < -0.4 is 0 Å². The molecule has 5 rings (SSSR count). The number of aromatic hydroxyl groups is 1. The Balaban J connectivity index is -0.000000184. The van der Waals surface area contributed by atoms with Crippen molar-refractivity contribution < 1.29 is 20.1 Å². The Morgan fingerprint density at radius 1 is 0.592 bits per heavy atom. The van der Waals surface area contributed by atoms with E-state index in [0.717, 1.165) is 60.8 Å². The van der Waals surface area contributed by atoms with E-state index >= 15 is 0 Å². The van der Waals surface area contributed by atoms with E-state index in [2.05, 4.69) is 116 Å². The zero-order valence-corrected chi connectivity index (χ0v) is 52.6. The minimum absolute atomic E-state index is 0.0744. The molecule has 3 aromatic carbocycles. The second kappa shape index (κ2) is 62.9. The summed E-state index contributed by atoms with van der Waals surface area (Å²) in [6.45, 7) is 41.3. The molecule has 0 aliphatic heterocycles. The van der Waals surface area contributed by atoms with E-state index in [1.54, 1.807) is 37.3 Å². The summed E-state index contributed by atoms with van der Waals surface area (Å²) in [6, 6.07) is 21.1. The lowest BCUT2D eigenvalue weighted by Gasteiger charge is -2.18. The SMILES string of the molecule is CC/C=C\c1ccc(O)cc1[N+](=O)[O-].CC/C=C\c1ccccc1[N+](=O)[O-].CC=N.CCC.CCC(C)C.CCC(C)C(C)CC.CCC1CC1.CCC1CCCCC1.CCCC(C)C.CCCO.Cc1ccccc1. The smallest absolute Gasteiger partial charge is 0.280 e. The molecule has 2 unspecified atom stereocenters. The van der Waals surface area contributed by atoms with E-state index < -0.39 is 4.92 Å². The first-order chi connectivity index (χ1) is 36.2. The van der Waals surface area contributed by atoms with Crippen LogP contribution in [-0.2, 0) is 0 Å². The van der Waals surface area contributed by atoms with Crippen LogP contribution in [0.2, 0.25) is 0 Å². The van der Waals surface area contributed by atoms with E-state index in [-0.39, 0.29) is 22.0 Å². The van der Waals surface area contributed by atoms with E-state index in [9.17, 15) is 20.2 Å². The molecule has 2 fully saturated rings. The van der Waals surface area contributed by atoms with E-state index in [0.29, 0.717) is 17.7 Å². The summed E-state index contributed by atoms with van der Waals surface area (Å²) >= 11 is 0. The van der Waals surface area contributed by atoms with Crippen molar-refractivity contribution in [3.05, 3.63) is 122 Å². The summed E-state index contributed by atoms with van der Waals surface area (Å²) in [6.07, 6.45) is 32.3. The Hall–Kier alpha value is -4.63.